The molecule has 0 radical (unpaired) electrons. The number of carbonyl (C=O) groups excluding carboxylic acids is 1. The van der Waals surface area contributed by atoms with Crippen LogP contribution < -0.4 is 16.6 Å². The molecule has 1 heterocycles. The van der Waals surface area contributed by atoms with E-state index < -0.39 is 5.91 Å². The van der Waals surface area contributed by atoms with E-state index in [0.29, 0.717) is 5.70 Å². The van der Waals surface area contributed by atoms with Gasteiger partial charge in [0.2, 0.25) is 0 Å². The number of nitrogens with zero attached hydrogens (tertiary/aromatic N) is 2. The lowest BCUT2D eigenvalue weighted by atomic mass is 10.2. The van der Waals surface area contributed by atoms with Crippen molar-refractivity contribution < 1.29 is 4.79 Å². The Morgan fingerprint density at radius 1 is 1.60 bits per heavy atom. The lowest BCUT2D eigenvalue weighted by Crippen LogP contribution is -2.43. The van der Waals surface area contributed by atoms with Crippen LogP contribution in [0.1, 0.15) is 5.56 Å². The maximum atomic E-state index is 12.0. The molecule has 0 aliphatic carbocycles. The van der Waals surface area contributed by atoms with Crippen molar-refractivity contribution in [3.63, 3.8) is 0 Å². The van der Waals surface area contributed by atoms with E-state index in [-0.39, 0.29) is 10.8 Å². The number of hydrogen-bond donors (Lipinski definition) is 3. The number of rotatable bonds is 2. The molecule has 1 saturated heterocycles. The van der Waals surface area contributed by atoms with Gasteiger partial charge in [0, 0.05) is 3.57 Å². The Balaban J connectivity index is 2.21. The monoisotopic (exact) mass is 401 g/mol. The number of nitrogens with one attached hydrogen (secondary N) is 2. The highest BCUT2D eigenvalue weighted by Gasteiger charge is 2.32. The van der Waals surface area contributed by atoms with Crippen LogP contribution in [0.3, 0.4) is 0 Å². The predicted molar refractivity (Wildman–Crippen MR) is 90.9 cm³/mol. The first-order chi connectivity index (χ1) is 9.40. The van der Waals surface area contributed by atoms with Gasteiger partial charge in [-0.1, -0.05) is 6.58 Å². The molecule has 104 valence electrons. The number of hydrazine groups is 1. The Labute approximate surface area is 135 Å². The molecule has 1 aliphatic heterocycles. The van der Waals surface area contributed by atoms with Gasteiger partial charge in [-0.25, -0.2) is 0 Å². The van der Waals surface area contributed by atoms with Crippen LogP contribution in [0, 0.1) is 10.5 Å². The molecule has 1 fully saturated rings. The van der Waals surface area contributed by atoms with Crippen LogP contribution in [0.2, 0.25) is 0 Å². The van der Waals surface area contributed by atoms with Crippen molar-refractivity contribution >= 4 is 57.2 Å². The fourth-order valence-corrected chi connectivity index (χ4v) is 2.39. The van der Waals surface area contributed by atoms with Crippen LogP contribution in [0.5, 0.6) is 0 Å². The number of carbonyl (C=O) groups is 1. The van der Waals surface area contributed by atoms with Gasteiger partial charge in [-0.15, -0.1) is 0 Å². The fraction of sp³-hybridized carbons (Fsp3) is 0.0833. The van der Waals surface area contributed by atoms with Crippen LogP contribution in [-0.4, -0.2) is 21.7 Å². The molecule has 1 amide bonds. The Bertz CT molecular complexity index is 643. The molecule has 0 unspecified atom stereocenters. The standard InChI is InChI=1S/C12H12IN5OS/c1-6-5-8(13)3-4-9(6)15-16-10-7(2)17-18(11(10)19)12(14)20/h3-5,15,17H,2H2,1H3,(H2,14,20). The van der Waals surface area contributed by atoms with Gasteiger partial charge < -0.3 is 5.73 Å². The van der Waals surface area contributed by atoms with E-state index in [2.05, 4.69) is 45.1 Å². The number of hydrogen-bond acceptors (Lipinski definition) is 5. The summed E-state index contributed by atoms with van der Waals surface area (Å²) >= 11 is 6.98. The Morgan fingerprint density at radius 2 is 2.30 bits per heavy atom. The summed E-state index contributed by atoms with van der Waals surface area (Å²) in [5, 5.41) is 5.02. The quantitative estimate of drug-likeness (QED) is 0.397. The number of amides is 1. The molecule has 0 atom stereocenters. The van der Waals surface area contributed by atoms with Gasteiger partial charge in [-0.3, -0.25) is 15.6 Å². The van der Waals surface area contributed by atoms with Crippen molar-refractivity contribution in [2.24, 2.45) is 10.8 Å². The molecule has 0 bridgehead atoms. The summed E-state index contributed by atoms with van der Waals surface area (Å²) in [5.74, 6) is -0.432. The normalized spacial score (nSPS) is 16.5. The SMILES string of the molecule is C=C1NN(C(N)=S)C(=O)C1=NNc1ccc(I)cc1C. The summed E-state index contributed by atoms with van der Waals surface area (Å²) in [7, 11) is 0. The second-order valence-corrected chi connectivity index (χ2v) is 5.76. The highest BCUT2D eigenvalue weighted by molar-refractivity contribution is 14.1. The maximum Gasteiger partial charge on any atom is 0.301 e. The molecule has 4 N–H and O–H groups in total. The van der Waals surface area contributed by atoms with Gasteiger partial charge in [0.1, 0.15) is 0 Å². The predicted octanol–water partition coefficient (Wildman–Crippen LogP) is 1.47. The largest absolute Gasteiger partial charge is 0.374 e. The summed E-state index contributed by atoms with van der Waals surface area (Å²) in [6, 6.07) is 5.84. The van der Waals surface area contributed by atoms with Crippen molar-refractivity contribution in [1.29, 1.82) is 0 Å². The molecular weight excluding hydrogens is 389 g/mol. The van der Waals surface area contributed by atoms with Crippen molar-refractivity contribution in [2.45, 2.75) is 6.92 Å². The molecule has 1 aromatic carbocycles. The number of anilines is 1. The fourth-order valence-electron chi connectivity index (χ4n) is 1.61. The smallest absolute Gasteiger partial charge is 0.301 e. The van der Waals surface area contributed by atoms with Crippen molar-refractivity contribution in [2.75, 3.05) is 5.43 Å². The van der Waals surface area contributed by atoms with Crippen molar-refractivity contribution in [1.82, 2.24) is 10.4 Å². The molecule has 2 rings (SSSR count). The van der Waals surface area contributed by atoms with Gasteiger partial charge in [0.05, 0.1) is 11.4 Å². The lowest BCUT2D eigenvalue weighted by Gasteiger charge is -2.11. The minimum absolute atomic E-state index is 0.0770. The average molecular weight is 401 g/mol. The van der Waals surface area contributed by atoms with Gasteiger partial charge >= 0.3 is 5.91 Å². The third-order valence-electron chi connectivity index (χ3n) is 2.64. The Hall–Kier alpha value is -1.68. The van der Waals surface area contributed by atoms with Crippen LogP contribution in [-0.2, 0) is 4.79 Å². The molecule has 8 heteroatoms. The number of aryl methyl sites for hydroxylation is 1. The number of thiocarbonyl (C=S) groups is 1. The van der Waals surface area contributed by atoms with Gasteiger partial charge in [0.25, 0.3) is 0 Å². The zero-order valence-electron chi connectivity index (χ0n) is 10.6. The number of hydrazone groups is 1. The van der Waals surface area contributed by atoms with Crippen molar-refractivity contribution in [3.05, 3.63) is 39.6 Å². The second kappa shape index (κ2) is 5.75. The van der Waals surface area contributed by atoms with Crippen molar-refractivity contribution in [3.8, 4) is 0 Å². The Morgan fingerprint density at radius 3 is 2.85 bits per heavy atom. The maximum absolute atomic E-state index is 12.0. The molecule has 6 nitrogen and oxygen atoms in total. The molecule has 20 heavy (non-hydrogen) atoms. The number of nitrogens with two attached hydrogens (primary N) is 1. The van der Waals surface area contributed by atoms with E-state index in [4.69, 9.17) is 18.0 Å². The molecule has 0 saturated carbocycles. The number of halogens is 1. The van der Waals surface area contributed by atoms with E-state index in [1.165, 1.54) is 0 Å². The minimum atomic E-state index is -0.432. The van der Waals surface area contributed by atoms with Gasteiger partial charge in [-0.2, -0.15) is 10.1 Å². The number of benzene rings is 1. The first-order valence-electron chi connectivity index (χ1n) is 5.60. The Kier molecular flexibility index (Phi) is 4.23. The lowest BCUT2D eigenvalue weighted by molar-refractivity contribution is -0.120. The minimum Gasteiger partial charge on any atom is -0.374 e. The first-order valence-corrected chi connectivity index (χ1v) is 7.08. The van der Waals surface area contributed by atoms with Crippen LogP contribution in [0.15, 0.2) is 35.6 Å². The zero-order valence-corrected chi connectivity index (χ0v) is 13.6. The molecule has 1 aromatic rings. The summed E-state index contributed by atoms with van der Waals surface area (Å²) in [6.45, 7) is 5.66. The first kappa shape index (κ1) is 14.7. The summed E-state index contributed by atoms with van der Waals surface area (Å²) in [6.07, 6.45) is 0. The summed E-state index contributed by atoms with van der Waals surface area (Å²) in [5.41, 5.74) is 13.3. The molecule has 0 spiro atoms. The van der Waals surface area contributed by atoms with E-state index in [1.54, 1.807) is 0 Å². The van der Waals surface area contributed by atoms with Crippen LogP contribution >= 0.6 is 34.8 Å². The van der Waals surface area contributed by atoms with Crippen LogP contribution in [0.25, 0.3) is 0 Å². The third kappa shape index (κ3) is 2.90. The van der Waals surface area contributed by atoms with E-state index >= 15 is 0 Å². The molecular formula is C12H12IN5OS. The summed E-state index contributed by atoms with van der Waals surface area (Å²) < 4.78 is 1.13. The van der Waals surface area contributed by atoms with E-state index in [0.717, 1.165) is 19.8 Å². The molecule has 1 aliphatic rings. The van der Waals surface area contributed by atoms with Gasteiger partial charge in [0.15, 0.2) is 10.8 Å². The van der Waals surface area contributed by atoms with Gasteiger partial charge in [-0.05, 0) is 65.5 Å². The van der Waals surface area contributed by atoms with E-state index in [1.807, 2.05) is 25.1 Å². The third-order valence-corrected chi connectivity index (χ3v) is 3.49. The topological polar surface area (TPSA) is 82.8 Å². The van der Waals surface area contributed by atoms with Crippen LogP contribution in [0.4, 0.5) is 5.69 Å². The molecule has 0 aromatic heterocycles. The second-order valence-electron chi connectivity index (χ2n) is 4.10. The average Bonchev–Trinajstić information content (AvgIpc) is 2.65. The zero-order chi connectivity index (χ0) is 14.9. The highest BCUT2D eigenvalue weighted by atomic mass is 127. The van der Waals surface area contributed by atoms with E-state index in [9.17, 15) is 4.79 Å². The summed E-state index contributed by atoms with van der Waals surface area (Å²) in [4.78, 5) is 12.0. The highest BCUT2D eigenvalue weighted by Crippen LogP contribution is 2.18.